The molecule has 5 rings (SSSR count). The number of benzene rings is 3. The lowest BCUT2D eigenvalue weighted by Crippen LogP contribution is -2.57. The molecule has 0 saturated carbocycles. The Bertz CT molecular complexity index is 1580. The number of hydrogen-bond donors (Lipinski definition) is 2. The third-order valence-electron chi connectivity index (χ3n) is 7.92. The first kappa shape index (κ1) is 33.1. The highest BCUT2D eigenvalue weighted by Crippen LogP contribution is 2.51. The van der Waals surface area contributed by atoms with Crippen molar-refractivity contribution in [2.45, 2.75) is 31.1 Å². The number of alkyl halides is 3. The van der Waals surface area contributed by atoms with Crippen LogP contribution in [-0.4, -0.2) is 66.2 Å². The van der Waals surface area contributed by atoms with Crippen LogP contribution >= 0.6 is 0 Å². The summed E-state index contributed by atoms with van der Waals surface area (Å²) in [6, 6.07) is 20.3. The van der Waals surface area contributed by atoms with Gasteiger partial charge >= 0.3 is 18.1 Å². The van der Waals surface area contributed by atoms with Crippen molar-refractivity contribution in [1.29, 1.82) is 0 Å². The number of imide groups is 1. The van der Waals surface area contributed by atoms with Gasteiger partial charge < -0.3 is 14.6 Å². The third kappa shape index (κ3) is 6.39. The van der Waals surface area contributed by atoms with Crippen LogP contribution in [0.3, 0.4) is 0 Å². The summed E-state index contributed by atoms with van der Waals surface area (Å²) in [5.74, 6) is -5.60. The maximum Gasteiger partial charge on any atom is 0.490 e. The van der Waals surface area contributed by atoms with Gasteiger partial charge in [-0.1, -0.05) is 54.6 Å². The van der Waals surface area contributed by atoms with Gasteiger partial charge in [0.15, 0.2) is 0 Å². The van der Waals surface area contributed by atoms with Crippen LogP contribution in [0.25, 0.3) is 11.1 Å². The molecule has 0 radical (unpaired) electrons. The number of fused-ring (bicyclic) bond motifs is 1. The molecule has 2 saturated heterocycles. The lowest BCUT2D eigenvalue weighted by molar-refractivity contribution is -0.192. The largest absolute Gasteiger partial charge is 0.496 e. The molecule has 2 heterocycles. The van der Waals surface area contributed by atoms with E-state index in [2.05, 4.69) is 5.32 Å². The number of carbonyl (C=O) groups is 4. The first-order chi connectivity index (χ1) is 21.3. The fourth-order valence-corrected chi connectivity index (χ4v) is 5.95. The highest BCUT2D eigenvalue weighted by atomic mass is 19.4. The zero-order valence-corrected chi connectivity index (χ0v) is 24.4. The van der Waals surface area contributed by atoms with Gasteiger partial charge in [-0.2, -0.15) is 13.2 Å². The van der Waals surface area contributed by atoms with Crippen molar-refractivity contribution in [2.24, 2.45) is 11.8 Å². The van der Waals surface area contributed by atoms with E-state index in [9.17, 15) is 31.9 Å². The lowest BCUT2D eigenvalue weighted by atomic mass is 9.76. The lowest BCUT2D eigenvalue weighted by Gasteiger charge is -2.32. The molecule has 9 nitrogen and oxygen atoms in total. The monoisotopic (exact) mass is 630 g/mol. The second kappa shape index (κ2) is 13.1. The Hall–Kier alpha value is -4.78. The molecule has 13 heteroatoms. The van der Waals surface area contributed by atoms with E-state index in [1.165, 1.54) is 31.3 Å². The van der Waals surface area contributed by atoms with Gasteiger partial charge in [0.1, 0.15) is 17.1 Å². The van der Waals surface area contributed by atoms with E-state index < -0.39 is 41.5 Å². The molecule has 238 valence electrons. The second-order valence-electron chi connectivity index (χ2n) is 10.4. The van der Waals surface area contributed by atoms with Crippen LogP contribution in [0.15, 0.2) is 72.8 Å². The molecule has 3 aromatic carbocycles. The summed E-state index contributed by atoms with van der Waals surface area (Å²) in [5, 5.41) is 10.5. The SMILES string of the molecule is CCN1C(=O)C2C(c3ccc(-c4ccc(F)cc4)c(OC)c3)N[C@@](Cc3ccccc3)(C(=O)OC)C2C1=O.O=C(O)C(F)(F)F. The summed E-state index contributed by atoms with van der Waals surface area (Å²) < 4.78 is 56.1. The van der Waals surface area contributed by atoms with Gasteiger partial charge in [-0.3, -0.25) is 24.6 Å². The number of ether oxygens (including phenoxy) is 2. The maximum atomic E-state index is 13.6. The van der Waals surface area contributed by atoms with E-state index in [-0.39, 0.29) is 30.6 Å². The quantitative estimate of drug-likeness (QED) is 0.222. The molecule has 3 aromatic rings. The number of carboxylic acids is 1. The fraction of sp³-hybridized carbons (Fsp3) is 0.312. The molecule has 2 aliphatic heterocycles. The Labute approximate surface area is 255 Å². The molecule has 4 atom stereocenters. The van der Waals surface area contributed by atoms with Crippen LogP contribution in [0.5, 0.6) is 5.75 Å². The minimum atomic E-state index is -5.08. The van der Waals surface area contributed by atoms with Gasteiger partial charge in [-0.25, -0.2) is 9.18 Å². The molecule has 2 amide bonds. The fourth-order valence-electron chi connectivity index (χ4n) is 5.95. The molecular formula is C32H30F4N2O7. The van der Waals surface area contributed by atoms with Gasteiger partial charge in [-0.15, -0.1) is 0 Å². The maximum absolute atomic E-state index is 13.6. The molecule has 3 unspecified atom stereocenters. The number of amides is 2. The number of rotatable bonds is 7. The van der Waals surface area contributed by atoms with Crippen LogP contribution in [-0.2, 0) is 30.3 Å². The van der Waals surface area contributed by atoms with E-state index in [1.807, 2.05) is 42.5 Å². The summed E-state index contributed by atoms with van der Waals surface area (Å²) in [7, 11) is 2.83. The van der Waals surface area contributed by atoms with Gasteiger partial charge in [0.05, 0.1) is 26.1 Å². The summed E-state index contributed by atoms with van der Waals surface area (Å²) >= 11 is 0. The topological polar surface area (TPSA) is 122 Å². The molecule has 0 bridgehead atoms. The Morgan fingerprint density at radius 3 is 2.13 bits per heavy atom. The molecule has 2 fully saturated rings. The standard InChI is InChI=1S/C30H29FN2O5.C2HF3O2/c1-4-33-27(34)24-25(28(33)35)30(29(36)38-3,17-18-8-6-5-7-9-18)32-26(24)20-12-15-22(23(16-20)37-2)19-10-13-21(31)14-11-19;3-2(4,5)1(6)7/h5-16,24-26,32H,4,17H2,1-3H3;(H,6,7)/t24?,25?,26?,30-;/m1./s1. The van der Waals surface area contributed by atoms with E-state index in [0.29, 0.717) is 11.3 Å². The van der Waals surface area contributed by atoms with Gasteiger partial charge in [0.25, 0.3) is 0 Å². The van der Waals surface area contributed by atoms with Crippen LogP contribution in [0.1, 0.15) is 24.1 Å². The molecule has 2 aliphatic rings. The van der Waals surface area contributed by atoms with Crippen molar-refractivity contribution < 1.29 is 51.3 Å². The number of carboxylic acid groups (broad SMARTS) is 1. The van der Waals surface area contributed by atoms with Gasteiger partial charge in [0, 0.05) is 24.6 Å². The van der Waals surface area contributed by atoms with E-state index in [4.69, 9.17) is 19.4 Å². The first-order valence-corrected chi connectivity index (χ1v) is 13.8. The van der Waals surface area contributed by atoms with Gasteiger partial charge in [-0.05, 0) is 41.8 Å². The predicted octanol–water partition coefficient (Wildman–Crippen LogP) is 4.55. The highest BCUT2D eigenvalue weighted by molar-refractivity contribution is 6.09. The average molecular weight is 631 g/mol. The number of nitrogens with one attached hydrogen (secondary N) is 1. The van der Waals surface area contributed by atoms with Crippen LogP contribution in [0.2, 0.25) is 0 Å². The summed E-state index contributed by atoms with van der Waals surface area (Å²) in [5.41, 5.74) is 1.61. The number of hydrogen-bond acceptors (Lipinski definition) is 7. The highest BCUT2D eigenvalue weighted by Gasteiger charge is 2.68. The normalized spacial score (nSPS) is 22.4. The first-order valence-electron chi connectivity index (χ1n) is 13.8. The Morgan fingerprint density at radius 2 is 1.60 bits per heavy atom. The minimum absolute atomic E-state index is 0.180. The third-order valence-corrected chi connectivity index (χ3v) is 7.92. The predicted molar refractivity (Wildman–Crippen MR) is 152 cm³/mol. The zero-order chi connectivity index (χ0) is 33.1. The molecule has 2 N–H and O–H groups in total. The second-order valence-corrected chi connectivity index (χ2v) is 10.4. The number of nitrogens with zero attached hydrogens (tertiary/aromatic N) is 1. The molecule has 0 aliphatic carbocycles. The van der Waals surface area contributed by atoms with Crippen LogP contribution < -0.4 is 10.1 Å². The van der Waals surface area contributed by atoms with Crippen molar-refractivity contribution in [1.82, 2.24) is 10.2 Å². The van der Waals surface area contributed by atoms with E-state index in [1.54, 1.807) is 25.1 Å². The Kier molecular flexibility index (Phi) is 9.62. The number of halogens is 4. The number of esters is 1. The van der Waals surface area contributed by atoms with Crippen molar-refractivity contribution in [3.63, 3.8) is 0 Å². The Morgan fingerprint density at radius 1 is 0.978 bits per heavy atom. The average Bonchev–Trinajstić information content (AvgIpc) is 3.49. The number of likely N-dealkylation sites (tertiary alicyclic amines) is 1. The van der Waals surface area contributed by atoms with Crippen LogP contribution in [0.4, 0.5) is 17.6 Å². The summed E-state index contributed by atoms with van der Waals surface area (Å²) in [4.78, 5) is 50.8. The number of methoxy groups -OCH3 is 2. The van der Waals surface area contributed by atoms with E-state index >= 15 is 0 Å². The molecule has 0 aromatic heterocycles. The van der Waals surface area contributed by atoms with Crippen molar-refractivity contribution in [2.75, 3.05) is 20.8 Å². The van der Waals surface area contributed by atoms with Crippen LogP contribution in [0, 0.1) is 17.7 Å². The smallest absolute Gasteiger partial charge is 0.490 e. The molecule has 0 spiro atoms. The van der Waals surface area contributed by atoms with E-state index in [0.717, 1.165) is 16.7 Å². The van der Waals surface area contributed by atoms with Crippen molar-refractivity contribution in [3.8, 4) is 16.9 Å². The minimum Gasteiger partial charge on any atom is -0.496 e. The summed E-state index contributed by atoms with van der Waals surface area (Å²) in [6.45, 7) is 1.96. The Balaban J connectivity index is 0.000000591. The molecule has 45 heavy (non-hydrogen) atoms. The number of aliphatic carboxylic acids is 1. The molecular weight excluding hydrogens is 600 g/mol. The zero-order valence-electron chi connectivity index (χ0n) is 24.4. The van der Waals surface area contributed by atoms with Gasteiger partial charge in [0.2, 0.25) is 11.8 Å². The number of carbonyl (C=O) groups excluding carboxylic acids is 3. The van der Waals surface area contributed by atoms with Crippen molar-refractivity contribution in [3.05, 3.63) is 89.7 Å². The summed E-state index contributed by atoms with van der Waals surface area (Å²) in [6.07, 6.45) is -4.90. The van der Waals surface area contributed by atoms with Crippen molar-refractivity contribution >= 4 is 23.8 Å².